The average Bonchev–Trinajstić information content (AvgIpc) is 3.34. The number of ether oxygens (including phenoxy) is 1. The van der Waals surface area contributed by atoms with Crippen molar-refractivity contribution in [2.45, 2.75) is 25.7 Å². The molecule has 1 heterocycles. The molecule has 1 N–H and O–H groups in total. The summed E-state index contributed by atoms with van der Waals surface area (Å²) in [6.45, 7) is 1.80. The number of benzene rings is 1. The van der Waals surface area contributed by atoms with Crippen LogP contribution in [0.25, 0.3) is 0 Å². The second-order valence-corrected chi connectivity index (χ2v) is 5.61. The van der Waals surface area contributed by atoms with Gasteiger partial charge in [-0.15, -0.1) is 0 Å². The Labute approximate surface area is 124 Å². The standard InChI is InChI=1S/C16H20N2O3/c19-15(17-11-12-5-6-12)7-8-16(20)18-9-10-21-14-4-2-1-3-13(14)18/h1-4,12H,5-11H2,(H,17,19). The van der Waals surface area contributed by atoms with Crippen molar-refractivity contribution in [3.8, 4) is 5.75 Å². The molecule has 1 aliphatic carbocycles. The van der Waals surface area contributed by atoms with Gasteiger partial charge in [0.15, 0.2) is 0 Å². The second-order valence-electron chi connectivity index (χ2n) is 5.61. The van der Waals surface area contributed by atoms with Gasteiger partial charge in [-0.05, 0) is 30.9 Å². The number of rotatable bonds is 5. The lowest BCUT2D eigenvalue weighted by Gasteiger charge is -2.29. The molecular weight excluding hydrogens is 268 g/mol. The van der Waals surface area contributed by atoms with Gasteiger partial charge < -0.3 is 15.0 Å². The first-order valence-corrected chi connectivity index (χ1v) is 7.53. The van der Waals surface area contributed by atoms with E-state index in [1.54, 1.807) is 4.90 Å². The van der Waals surface area contributed by atoms with Crippen LogP contribution in [0.2, 0.25) is 0 Å². The quantitative estimate of drug-likeness (QED) is 0.897. The Morgan fingerprint density at radius 2 is 2.05 bits per heavy atom. The summed E-state index contributed by atoms with van der Waals surface area (Å²) in [5.41, 5.74) is 0.798. The fourth-order valence-corrected chi connectivity index (χ4v) is 2.45. The molecule has 1 aromatic rings. The van der Waals surface area contributed by atoms with Crippen LogP contribution in [0, 0.1) is 5.92 Å². The molecule has 2 aliphatic rings. The zero-order valence-corrected chi connectivity index (χ0v) is 12.0. The third kappa shape index (κ3) is 3.54. The zero-order valence-electron chi connectivity index (χ0n) is 12.0. The highest BCUT2D eigenvalue weighted by Crippen LogP contribution is 2.31. The summed E-state index contributed by atoms with van der Waals surface area (Å²) < 4.78 is 5.53. The van der Waals surface area contributed by atoms with Gasteiger partial charge in [-0.1, -0.05) is 12.1 Å². The van der Waals surface area contributed by atoms with Gasteiger partial charge in [-0.2, -0.15) is 0 Å². The van der Waals surface area contributed by atoms with Crippen molar-refractivity contribution in [3.63, 3.8) is 0 Å². The summed E-state index contributed by atoms with van der Waals surface area (Å²) in [5.74, 6) is 1.34. The number of hydrogen-bond acceptors (Lipinski definition) is 3. The minimum absolute atomic E-state index is 0.0210. The van der Waals surface area contributed by atoms with E-state index in [1.165, 1.54) is 12.8 Å². The maximum absolute atomic E-state index is 12.3. The van der Waals surface area contributed by atoms with Gasteiger partial charge in [-0.25, -0.2) is 0 Å². The summed E-state index contributed by atoms with van der Waals surface area (Å²) in [7, 11) is 0. The monoisotopic (exact) mass is 288 g/mol. The molecule has 21 heavy (non-hydrogen) atoms. The lowest BCUT2D eigenvalue weighted by atomic mass is 10.2. The van der Waals surface area contributed by atoms with E-state index in [4.69, 9.17) is 4.74 Å². The van der Waals surface area contributed by atoms with Crippen molar-refractivity contribution in [2.24, 2.45) is 5.92 Å². The summed E-state index contributed by atoms with van der Waals surface area (Å²) >= 11 is 0. The van der Waals surface area contributed by atoms with E-state index in [1.807, 2.05) is 24.3 Å². The smallest absolute Gasteiger partial charge is 0.227 e. The predicted octanol–water partition coefficient (Wildman–Crippen LogP) is 1.72. The van der Waals surface area contributed by atoms with Gasteiger partial charge in [0, 0.05) is 19.4 Å². The fourth-order valence-electron chi connectivity index (χ4n) is 2.45. The lowest BCUT2D eigenvalue weighted by Crippen LogP contribution is -2.38. The van der Waals surface area contributed by atoms with Gasteiger partial charge in [0.1, 0.15) is 12.4 Å². The molecule has 0 aromatic heterocycles. The number of amides is 2. The van der Waals surface area contributed by atoms with E-state index < -0.39 is 0 Å². The first-order chi connectivity index (χ1) is 10.2. The van der Waals surface area contributed by atoms with E-state index in [2.05, 4.69) is 5.32 Å². The molecule has 1 aromatic carbocycles. The SMILES string of the molecule is O=C(CCC(=O)N1CCOc2ccccc21)NCC1CC1. The molecule has 5 heteroatoms. The van der Waals surface area contributed by atoms with Crippen molar-refractivity contribution < 1.29 is 14.3 Å². The van der Waals surface area contributed by atoms with E-state index in [9.17, 15) is 9.59 Å². The van der Waals surface area contributed by atoms with Crippen LogP contribution >= 0.6 is 0 Å². The molecule has 0 bridgehead atoms. The molecule has 112 valence electrons. The van der Waals surface area contributed by atoms with E-state index in [0.29, 0.717) is 19.1 Å². The van der Waals surface area contributed by atoms with Crippen molar-refractivity contribution >= 4 is 17.5 Å². The number of nitrogens with zero attached hydrogens (tertiary/aromatic N) is 1. The minimum Gasteiger partial charge on any atom is -0.490 e. The zero-order chi connectivity index (χ0) is 14.7. The number of anilines is 1. The molecule has 0 saturated heterocycles. The number of carbonyl (C=O) groups excluding carboxylic acids is 2. The third-order valence-electron chi connectivity index (χ3n) is 3.88. The molecule has 5 nitrogen and oxygen atoms in total. The van der Waals surface area contributed by atoms with Crippen LogP contribution in [0.4, 0.5) is 5.69 Å². The molecule has 1 saturated carbocycles. The Bertz CT molecular complexity index is 540. The second kappa shape index (κ2) is 6.16. The van der Waals surface area contributed by atoms with Gasteiger partial charge in [0.2, 0.25) is 11.8 Å². The first-order valence-electron chi connectivity index (χ1n) is 7.53. The topological polar surface area (TPSA) is 58.6 Å². The Morgan fingerprint density at radius 3 is 2.86 bits per heavy atom. The van der Waals surface area contributed by atoms with Gasteiger partial charge in [0.25, 0.3) is 0 Å². The summed E-state index contributed by atoms with van der Waals surface area (Å²) in [6.07, 6.45) is 2.92. The van der Waals surface area contributed by atoms with Crippen LogP contribution in [0.1, 0.15) is 25.7 Å². The van der Waals surface area contributed by atoms with Gasteiger partial charge in [-0.3, -0.25) is 9.59 Å². The van der Waals surface area contributed by atoms with Crippen LogP contribution in [0.5, 0.6) is 5.75 Å². The number of nitrogens with one attached hydrogen (secondary N) is 1. The molecule has 1 aliphatic heterocycles. The number of fused-ring (bicyclic) bond motifs is 1. The summed E-state index contributed by atoms with van der Waals surface area (Å²) in [4.78, 5) is 25.7. The number of hydrogen-bond donors (Lipinski definition) is 1. The molecule has 1 fully saturated rings. The van der Waals surface area contributed by atoms with E-state index in [0.717, 1.165) is 18.0 Å². The first kappa shape index (κ1) is 13.9. The Kier molecular flexibility index (Phi) is 4.08. The van der Waals surface area contributed by atoms with Crippen molar-refractivity contribution in [3.05, 3.63) is 24.3 Å². The highest BCUT2D eigenvalue weighted by Gasteiger charge is 2.24. The number of para-hydroxylation sites is 2. The summed E-state index contributed by atoms with van der Waals surface area (Å²) in [6, 6.07) is 7.50. The maximum Gasteiger partial charge on any atom is 0.227 e. The largest absolute Gasteiger partial charge is 0.490 e. The van der Waals surface area contributed by atoms with Crippen LogP contribution in [0.15, 0.2) is 24.3 Å². The Morgan fingerprint density at radius 1 is 1.24 bits per heavy atom. The fraction of sp³-hybridized carbons (Fsp3) is 0.500. The maximum atomic E-state index is 12.3. The predicted molar refractivity (Wildman–Crippen MR) is 79.3 cm³/mol. The Hall–Kier alpha value is -2.04. The van der Waals surface area contributed by atoms with Crippen LogP contribution in [-0.2, 0) is 9.59 Å². The van der Waals surface area contributed by atoms with Crippen LogP contribution in [0.3, 0.4) is 0 Å². The highest BCUT2D eigenvalue weighted by molar-refractivity contribution is 5.97. The van der Waals surface area contributed by atoms with Crippen molar-refractivity contribution in [1.82, 2.24) is 5.32 Å². The lowest BCUT2D eigenvalue weighted by molar-refractivity contribution is -0.125. The minimum atomic E-state index is -0.0307. The molecule has 0 atom stereocenters. The van der Waals surface area contributed by atoms with Gasteiger partial charge in [0.05, 0.1) is 12.2 Å². The Balaban J connectivity index is 1.52. The molecule has 0 spiro atoms. The molecular formula is C16H20N2O3. The van der Waals surface area contributed by atoms with Gasteiger partial charge >= 0.3 is 0 Å². The van der Waals surface area contributed by atoms with E-state index >= 15 is 0 Å². The molecule has 0 unspecified atom stereocenters. The average molecular weight is 288 g/mol. The normalized spacial score (nSPS) is 16.9. The molecule has 2 amide bonds. The molecule has 0 radical (unpaired) electrons. The summed E-state index contributed by atoms with van der Waals surface area (Å²) in [5, 5.41) is 2.89. The number of carbonyl (C=O) groups is 2. The van der Waals surface area contributed by atoms with Crippen LogP contribution < -0.4 is 15.0 Å². The highest BCUT2D eigenvalue weighted by atomic mass is 16.5. The van der Waals surface area contributed by atoms with Crippen molar-refractivity contribution in [1.29, 1.82) is 0 Å². The third-order valence-corrected chi connectivity index (χ3v) is 3.88. The van der Waals surface area contributed by atoms with E-state index in [-0.39, 0.29) is 24.7 Å². The van der Waals surface area contributed by atoms with Crippen LogP contribution in [-0.4, -0.2) is 31.5 Å². The molecule has 3 rings (SSSR count). The van der Waals surface area contributed by atoms with Crippen molar-refractivity contribution in [2.75, 3.05) is 24.6 Å².